The van der Waals surface area contributed by atoms with E-state index in [0.717, 1.165) is 11.3 Å². The summed E-state index contributed by atoms with van der Waals surface area (Å²) in [5.41, 5.74) is 0. The fourth-order valence-electron chi connectivity index (χ4n) is 1.15. The van der Waals surface area contributed by atoms with Crippen molar-refractivity contribution in [3.05, 3.63) is 21.9 Å². The molecule has 0 aliphatic rings. The smallest absolute Gasteiger partial charge is 0.261 e. The lowest BCUT2D eigenvalue weighted by atomic mass is 10.1. The first-order chi connectivity index (χ1) is 8.17. The highest BCUT2D eigenvalue weighted by Crippen LogP contribution is 2.15. The van der Waals surface area contributed by atoms with E-state index in [9.17, 15) is 4.79 Å². The molecule has 4 heteroatoms. The summed E-state index contributed by atoms with van der Waals surface area (Å²) in [5, 5.41) is 11.5. The van der Waals surface area contributed by atoms with Crippen molar-refractivity contribution in [2.75, 3.05) is 13.2 Å². The van der Waals surface area contributed by atoms with Gasteiger partial charge in [0, 0.05) is 6.54 Å². The Kier molecular flexibility index (Phi) is 5.75. The van der Waals surface area contributed by atoms with Gasteiger partial charge in [0.1, 0.15) is 6.61 Å². The van der Waals surface area contributed by atoms with E-state index in [1.165, 1.54) is 11.3 Å². The predicted molar refractivity (Wildman–Crippen MR) is 70.1 cm³/mol. The van der Waals surface area contributed by atoms with Crippen LogP contribution in [-0.2, 0) is 0 Å². The highest BCUT2D eigenvalue weighted by molar-refractivity contribution is 7.14. The zero-order valence-corrected chi connectivity index (χ0v) is 10.9. The van der Waals surface area contributed by atoms with E-state index in [1.54, 1.807) is 12.1 Å². The number of rotatable bonds is 4. The van der Waals surface area contributed by atoms with Gasteiger partial charge in [-0.05, 0) is 18.1 Å². The Morgan fingerprint density at radius 2 is 2.35 bits per heavy atom. The molecular formula is C13H17NO2S. The van der Waals surface area contributed by atoms with Crippen LogP contribution in [0.2, 0.25) is 0 Å². The molecule has 1 unspecified atom stereocenters. The quantitative estimate of drug-likeness (QED) is 0.803. The lowest BCUT2D eigenvalue weighted by Gasteiger charge is -2.08. The third kappa shape index (κ3) is 4.59. The molecule has 0 saturated carbocycles. The zero-order valence-electron chi connectivity index (χ0n) is 10.1. The molecule has 0 aromatic carbocycles. The normalized spacial score (nSPS) is 11.5. The van der Waals surface area contributed by atoms with Gasteiger partial charge in [0.2, 0.25) is 0 Å². The van der Waals surface area contributed by atoms with Crippen molar-refractivity contribution in [3.8, 4) is 11.8 Å². The number of aliphatic hydroxyl groups is 1. The number of hydrogen-bond donors (Lipinski definition) is 2. The molecule has 0 aliphatic heterocycles. The molecule has 1 rings (SSSR count). The topological polar surface area (TPSA) is 49.3 Å². The summed E-state index contributed by atoms with van der Waals surface area (Å²) in [5.74, 6) is 5.79. The van der Waals surface area contributed by atoms with E-state index in [-0.39, 0.29) is 12.5 Å². The SMILES string of the molecule is CCC(C)CNC(=O)c1ccc(C#CCO)s1. The number of aliphatic hydroxyl groups excluding tert-OH is 1. The van der Waals surface area contributed by atoms with E-state index in [2.05, 4.69) is 31.0 Å². The average Bonchev–Trinajstić information content (AvgIpc) is 2.81. The van der Waals surface area contributed by atoms with Crippen molar-refractivity contribution in [1.29, 1.82) is 0 Å². The van der Waals surface area contributed by atoms with Crippen molar-refractivity contribution < 1.29 is 9.90 Å². The lowest BCUT2D eigenvalue weighted by Crippen LogP contribution is -2.27. The summed E-state index contributed by atoms with van der Waals surface area (Å²) < 4.78 is 0. The number of amides is 1. The highest BCUT2D eigenvalue weighted by atomic mass is 32.1. The third-order valence-corrected chi connectivity index (χ3v) is 3.43. The molecule has 1 amide bonds. The van der Waals surface area contributed by atoms with Crippen LogP contribution in [0.25, 0.3) is 0 Å². The first-order valence-corrected chi connectivity index (χ1v) is 6.46. The summed E-state index contributed by atoms with van der Waals surface area (Å²) in [6.07, 6.45) is 1.05. The summed E-state index contributed by atoms with van der Waals surface area (Å²) >= 11 is 1.34. The fraction of sp³-hybridized carbons (Fsp3) is 0.462. The first kappa shape index (κ1) is 13.8. The Morgan fingerprint density at radius 3 is 3.00 bits per heavy atom. The molecule has 2 N–H and O–H groups in total. The molecule has 0 spiro atoms. The van der Waals surface area contributed by atoms with Crippen molar-refractivity contribution in [2.24, 2.45) is 5.92 Å². The van der Waals surface area contributed by atoms with Crippen LogP contribution in [0.3, 0.4) is 0 Å². The Balaban J connectivity index is 2.55. The maximum absolute atomic E-state index is 11.8. The predicted octanol–water partition coefficient (Wildman–Crippen LogP) is 1.87. The molecule has 0 fully saturated rings. The van der Waals surface area contributed by atoms with Crippen molar-refractivity contribution in [3.63, 3.8) is 0 Å². The summed E-state index contributed by atoms with van der Waals surface area (Å²) in [6.45, 7) is 4.75. The molecule has 0 aliphatic carbocycles. The van der Waals surface area contributed by atoms with Crippen LogP contribution >= 0.6 is 11.3 Å². The number of thiophene rings is 1. The maximum atomic E-state index is 11.8. The van der Waals surface area contributed by atoms with Crippen LogP contribution < -0.4 is 5.32 Å². The minimum Gasteiger partial charge on any atom is -0.384 e. The number of carbonyl (C=O) groups excluding carboxylic acids is 1. The number of nitrogens with one attached hydrogen (secondary N) is 1. The van der Waals surface area contributed by atoms with E-state index >= 15 is 0 Å². The Bertz CT molecular complexity index is 428. The van der Waals surface area contributed by atoms with Gasteiger partial charge in [-0.3, -0.25) is 4.79 Å². The average molecular weight is 251 g/mol. The van der Waals surface area contributed by atoms with Gasteiger partial charge in [-0.1, -0.05) is 32.1 Å². The van der Waals surface area contributed by atoms with E-state index in [4.69, 9.17) is 5.11 Å². The van der Waals surface area contributed by atoms with Crippen LogP contribution in [0.5, 0.6) is 0 Å². The standard InChI is InChI=1S/C13H17NO2S/c1-3-10(2)9-14-13(16)12-7-6-11(17-12)5-4-8-15/h6-7,10,15H,3,8-9H2,1-2H3,(H,14,16). The molecule has 1 aromatic rings. The molecule has 0 bridgehead atoms. The Hall–Kier alpha value is -1.31. The molecular weight excluding hydrogens is 234 g/mol. The third-order valence-electron chi connectivity index (χ3n) is 2.43. The Labute approximate surface area is 106 Å². The van der Waals surface area contributed by atoms with Gasteiger partial charge in [-0.2, -0.15) is 0 Å². The van der Waals surface area contributed by atoms with Gasteiger partial charge in [0.15, 0.2) is 0 Å². The zero-order chi connectivity index (χ0) is 12.7. The monoisotopic (exact) mass is 251 g/mol. The maximum Gasteiger partial charge on any atom is 0.261 e. The van der Waals surface area contributed by atoms with Gasteiger partial charge in [-0.15, -0.1) is 11.3 Å². The van der Waals surface area contributed by atoms with Gasteiger partial charge < -0.3 is 10.4 Å². The second-order valence-corrected chi connectivity index (χ2v) is 4.93. The van der Waals surface area contributed by atoms with Crippen LogP contribution in [0.4, 0.5) is 0 Å². The van der Waals surface area contributed by atoms with Crippen LogP contribution in [0, 0.1) is 17.8 Å². The van der Waals surface area contributed by atoms with Gasteiger partial charge >= 0.3 is 0 Å². The summed E-state index contributed by atoms with van der Waals surface area (Å²) in [6, 6.07) is 3.56. The van der Waals surface area contributed by atoms with Crippen LogP contribution in [-0.4, -0.2) is 24.2 Å². The largest absolute Gasteiger partial charge is 0.384 e. The van der Waals surface area contributed by atoms with Crippen LogP contribution in [0.1, 0.15) is 34.8 Å². The summed E-state index contributed by atoms with van der Waals surface area (Å²) in [7, 11) is 0. The van der Waals surface area contributed by atoms with Crippen molar-refractivity contribution in [2.45, 2.75) is 20.3 Å². The molecule has 1 atom stereocenters. The van der Waals surface area contributed by atoms with E-state index < -0.39 is 0 Å². The number of hydrogen-bond acceptors (Lipinski definition) is 3. The minimum atomic E-state index is -0.159. The molecule has 0 saturated heterocycles. The van der Waals surface area contributed by atoms with Gasteiger partial charge in [0.25, 0.3) is 5.91 Å². The molecule has 17 heavy (non-hydrogen) atoms. The molecule has 92 valence electrons. The molecule has 1 aromatic heterocycles. The van der Waals surface area contributed by atoms with E-state index in [0.29, 0.717) is 17.3 Å². The number of carbonyl (C=O) groups is 1. The minimum absolute atomic E-state index is 0.0488. The molecule has 1 heterocycles. The van der Waals surface area contributed by atoms with Gasteiger partial charge in [0.05, 0.1) is 9.75 Å². The lowest BCUT2D eigenvalue weighted by molar-refractivity contribution is 0.0952. The highest BCUT2D eigenvalue weighted by Gasteiger charge is 2.09. The van der Waals surface area contributed by atoms with E-state index in [1.807, 2.05) is 0 Å². The summed E-state index contributed by atoms with van der Waals surface area (Å²) in [4.78, 5) is 13.2. The Morgan fingerprint density at radius 1 is 1.59 bits per heavy atom. The van der Waals surface area contributed by atoms with Crippen LogP contribution in [0.15, 0.2) is 12.1 Å². The van der Waals surface area contributed by atoms with Gasteiger partial charge in [-0.25, -0.2) is 0 Å². The van der Waals surface area contributed by atoms with Crippen molar-refractivity contribution in [1.82, 2.24) is 5.32 Å². The second kappa shape index (κ2) is 7.10. The first-order valence-electron chi connectivity index (χ1n) is 5.65. The molecule has 3 nitrogen and oxygen atoms in total. The second-order valence-electron chi connectivity index (χ2n) is 3.85. The fourth-order valence-corrected chi connectivity index (χ4v) is 1.95. The van der Waals surface area contributed by atoms with Crippen molar-refractivity contribution >= 4 is 17.2 Å². The molecule has 0 radical (unpaired) electrons.